The lowest BCUT2D eigenvalue weighted by Crippen LogP contribution is -2.50. The zero-order valence-electron chi connectivity index (χ0n) is 11.8. The molecule has 1 rings (SSSR count). The van der Waals surface area contributed by atoms with Gasteiger partial charge in [0, 0.05) is 11.6 Å². The first-order chi connectivity index (χ1) is 8.66. The number of amides is 1. The number of hydrogen-bond acceptors (Lipinski definition) is 3. The fraction of sp³-hybridized carbons (Fsp3) is 0.500. The number of ether oxygens (including phenoxy) is 1. The summed E-state index contributed by atoms with van der Waals surface area (Å²) in [7, 11) is 0. The number of nitrogens with two attached hydrogens (primary N) is 1. The van der Waals surface area contributed by atoms with Crippen molar-refractivity contribution in [3.05, 3.63) is 34.9 Å². The van der Waals surface area contributed by atoms with Gasteiger partial charge in [-0.15, -0.1) is 0 Å². The molecule has 106 valence electrons. The normalized spacial score (nSPS) is 14.6. The Morgan fingerprint density at radius 3 is 2.21 bits per heavy atom. The highest BCUT2D eigenvalue weighted by atomic mass is 35.5. The first-order valence-electron chi connectivity index (χ1n) is 6.13. The van der Waals surface area contributed by atoms with Crippen LogP contribution < -0.4 is 11.1 Å². The molecule has 0 radical (unpaired) electrons. The highest BCUT2D eigenvalue weighted by molar-refractivity contribution is 6.30. The van der Waals surface area contributed by atoms with E-state index < -0.39 is 17.2 Å². The van der Waals surface area contributed by atoms with Gasteiger partial charge in [-0.2, -0.15) is 0 Å². The number of alkyl carbamates (subject to hydrolysis) is 1. The lowest BCUT2D eigenvalue weighted by atomic mass is 9.92. The van der Waals surface area contributed by atoms with E-state index in [2.05, 4.69) is 5.32 Å². The highest BCUT2D eigenvalue weighted by Gasteiger charge is 2.29. The fourth-order valence-corrected chi connectivity index (χ4v) is 1.71. The summed E-state index contributed by atoms with van der Waals surface area (Å²) in [4.78, 5) is 11.9. The van der Waals surface area contributed by atoms with E-state index in [-0.39, 0.29) is 6.54 Å². The summed E-state index contributed by atoms with van der Waals surface area (Å²) in [5.74, 6) is 0. The number of rotatable bonds is 3. The van der Waals surface area contributed by atoms with E-state index in [0.29, 0.717) is 5.02 Å². The average molecular weight is 285 g/mol. The van der Waals surface area contributed by atoms with E-state index in [0.717, 1.165) is 5.56 Å². The summed E-state index contributed by atoms with van der Waals surface area (Å²) in [6.07, 6.45) is -0.490. The van der Waals surface area contributed by atoms with E-state index >= 15 is 0 Å². The Hall–Kier alpha value is -1.26. The second-order valence-corrected chi connectivity index (χ2v) is 6.11. The van der Waals surface area contributed by atoms with Gasteiger partial charge in [0.25, 0.3) is 0 Å². The van der Waals surface area contributed by atoms with Crippen molar-refractivity contribution in [2.45, 2.75) is 38.8 Å². The fourth-order valence-electron chi connectivity index (χ4n) is 1.59. The largest absolute Gasteiger partial charge is 0.444 e. The van der Waals surface area contributed by atoms with Crippen molar-refractivity contribution in [1.29, 1.82) is 0 Å². The van der Waals surface area contributed by atoms with Crippen molar-refractivity contribution in [3.63, 3.8) is 0 Å². The SMILES string of the molecule is CC(C)(C)OC(=O)NC(C)(CN)c1ccc(Cl)cc1. The van der Waals surface area contributed by atoms with Crippen LogP contribution in [0, 0.1) is 0 Å². The Morgan fingerprint density at radius 1 is 1.26 bits per heavy atom. The van der Waals surface area contributed by atoms with Crippen LogP contribution in [0.4, 0.5) is 4.79 Å². The molecule has 19 heavy (non-hydrogen) atoms. The Kier molecular flexibility index (Phi) is 4.82. The van der Waals surface area contributed by atoms with Crippen molar-refractivity contribution >= 4 is 17.7 Å². The molecule has 0 aliphatic heterocycles. The average Bonchev–Trinajstić information content (AvgIpc) is 2.26. The van der Waals surface area contributed by atoms with Gasteiger partial charge in [-0.25, -0.2) is 4.79 Å². The van der Waals surface area contributed by atoms with Gasteiger partial charge >= 0.3 is 6.09 Å². The Labute approximate surface area is 119 Å². The maximum atomic E-state index is 11.9. The minimum Gasteiger partial charge on any atom is -0.444 e. The first kappa shape index (κ1) is 15.8. The molecular weight excluding hydrogens is 264 g/mol. The predicted molar refractivity (Wildman–Crippen MR) is 77.2 cm³/mol. The molecule has 1 unspecified atom stereocenters. The molecule has 0 spiro atoms. The topological polar surface area (TPSA) is 64.3 Å². The molecule has 1 aromatic carbocycles. The van der Waals surface area contributed by atoms with Crippen LogP contribution in [0.15, 0.2) is 24.3 Å². The number of halogens is 1. The second-order valence-electron chi connectivity index (χ2n) is 5.67. The highest BCUT2D eigenvalue weighted by Crippen LogP contribution is 2.22. The molecule has 4 nitrogen and oxygen atoms in total. The molecule has 0 bridgehead atoms. The van der Waals surface area contributed by atoms with Gasteiger partial charge in [-0.1, -0.05) is 23.7 Å². The van der Waals surface area contributed by atoms with Crippen LogP contribution in [0.25, 0.3) is 0 Å². The third-order valence-corrected chi connectivity index (χ3v) is 2.92. The Bertz CT molecular complexity index is 440. The van der Waals surface area contributed by atoms with E-state index in [1.165, 1.54) is 0 Å². The number of carbonyl (C=O) groups excluding carboxylic acids is 1. The van der Waals surface area contributed by atoms with Gasteiger partial charge < -0.3 is 15.8 Å². The van der Waals surface area contributed by atoms with E-state index in [9.17, 15) is 4.79 Å². The van der Waals surface area contributed by atoms with Gasteiger partial charge in [0.1, 0.15) is 5.60 Å². The van der Waals surface area contributed by atoms with Crippen molar-refractivity contribution in [2.24, 2.45) is 5.73 Å². The molecule has 0 fully saturated rings. The van der Waals surface area contributed by atoms with Crippen molar-refractivity contribution in [2.75, 3.05) is 6.54 Å². The summed E-state index contributed by atoms with van der Waals surface area (Å²) in [6, 6.07) is 7.21. The molecule has 5 heteroatoms. The summed E-state index contributed by atoms with van der Waals surface area (Å²) in [5, 5.41) is 3.45. The van der Waals surface area contributed by atoms with Crippen LogP contribution in [-0.2, 0) is 10.3 Å². The first-order valence-corrected chi connectivity index (χ1v) is 6.51. The van der Waals surface area contributed by atoms with Crippen molar-refractivity contribution in [1.82, 2.24) is 5.32 Å². The van der Waals surface area contributed by atoms with Gasteiger partial charge in [0.05, 0.1) is 5.54 Å². The van der Waals surface area contributed by atoms with E-state index in [1.807, 2.05) is 39.8 Å². The van der Waals surface area contributed by atoms with Gasteiger partial charge in [-0.05, 0) is 45.4 Å². The van der Waals surface area contributed by atoms with Crippen molar-refractivity contribution in [3.8, 4) is 0 Å². The minimum absolute atomic E-state index is 0.258. The molecule has 0 aliphatic carbocycles. The van der Waals surface area contributed by atoms with Crippen molar-refractivity contribution < 1.29 is 9.53 Å². The molecule has 1 aromatic rings. The Morgan fingerprint density at radius 2 is 1.79 bits per heavy atom. The molecule has 0 saturated heterocycles. The molecule has 3 N–H and O–H groups in total. The smallest absolute Gasteiger partial charge is 0.408 e. The van der Waals surface area contributed by atoms with Gasteiger partial charge in [0.15, 0.2) is 0 Å². The maximum absolute atomic E-state index is 11.9. The van der Waals surface area contributed by atoms with Crippen LogP contribution in [-0.4, -0.2) is 18.2 Å². The molecular formula is C14H21ClN2O2. The number of nitrogens with one attached hydrogen (secondary N) is 1. The zero-order chi connectivity index (χ0) is 14.7. The lowest BCUT2D eigenvalue weighted by Gasteiger charge is -2.31. The predicted octanol–water partition coefficient (Wildman–Crippen LogP) is 3.04. The van der Waals surface area contributed by atoms with Crippen LogP contribution in [0.5, 0.6) is 0 Å². The zero-order valence-corrected chi connectivity index (χ0v) is 12.5. The second kappa shape index (κ2) is 5.80. The number of benzene rings is 1. The third kappa shape index (κ3) is 4.73. The molecule has 0 saturated carbocycles. The van der Waals surface area contributed by atoms with Crippen LogP contribution >= 0.6 is 11.6 Å². The maximum Gasteiger partial charge on any atom is 0.408 e. The number of carbonyl (C=O) groups is 1. The van der Waals surface area contributed by atoms with E-state index in [1.54, 1.807) is 12.1 Å². The van der Waals surface area contributed by atoms with Gasteiger partial charge in [0.2, 0.25) is 0 Å². The molecule has 0 aliphatic rings. The third-order valence-electron chi connectivity index (χ3n) is 2.67. The van der Waals surface area contributed by atoms with Crippen LogP contribution in [0.2, 0.25) is 5.02 Å². The molecule has 1 amide bonds. The van der Waals surface area contributed by atoms with E-state index in [4.69, 9.17) is 22.1 Å². The summed E-state index contributed by atoms with van der Waals surface area (Å²) >= 11 is 5.85. The Balaban J connectivity index is 2.86. The van der Waals surface area contributed by atoms with Crippen LogP contribution in [0.1, 0.15) is 33.3 Å². The molecule has 0 aromatic heterocycles. The molecule has 0 heterocycles. The summed E-state index contributed by atoms with van der Waals surface area (Å²) in [6.45, 7) is 7.55. The minimum atomic E-state index is -0.688. The lowest BCUT2D eigenvalue weighted by molar-refractivity contribution is 0.0465. The number of hydrogen-bond donors (Lipinski definition) is 2. The quantitative estimate of drug-likeness (QED) is 0.897. The summed E-state index contributed by atoms with van der Waals surface area (Å²) < 4.78 is 5.25. The van der Waals surface area contributed by atoms with Crippen LogP contribution in [0.3, 0.4) is 0 Å². The standard InChI is InChI=1S/C14H21ClN2O2/c1-13(2,3)19-12(18)17-14(4,9-16)10-5-7-11(15)8-6-10/h5-8H,9,16H2,1-4H3,(H,17,18). The summed E-state index contributed by atoms with van der Waals surface area (Å²) in [5.41, 5.74) is 5.44. The van der Waals surface area contributed by atoms with Gasteiger partial charge in [-0.3, -0.25) is 0 Å². The monoisotopic (exact) mass is 284 g/mol. The molecule has 1 atom stereocenters.